The van der Waals surface area contributed by atoms with Crippen molar-refractivity contribution in [3.63, 3.8) is 0 Å². The van der Waals surface area contributed by atoms with Crippen LogP contribution in [0.2, 0.25) is 0 Å². The highest BCUT2D eigenvalue weighted by molar-refractivity contribution is 5.80. The Morgan fingerprint density at radius 2 is 2.06 bits per heavy atom. The molecule has 16 heavy (non-hydrogen) atoms. The van der Waals surface area contributed by atoms with E-state index in [1.807, 2.05) is 6.08 Å². The van der Waals surface area contributed by atoms with Crippen molar-refractivity contribution in [3.8, 4) is 0 Å². The molecule has 0 spiro atoms. The zero-order valence-corrected chi connectivity index (χ0v) is 11.4. The van der Waals surface area contributed by atoms with E-state index in [0.29, 0.717) is 11.5 Å². The summed E-state index contributed by atoms with van der Waals surface area (Å²) in [5, 5.41) is 6.53. The van der Waals surface area contributed by atoms with E-state index >= 15 is 0 Å². The molecule has 0 aromatic rings. The van der Waals surface area contributed by atoms with Crippen LogP contribution in [0.3, 0.4) is 0 Å². The molecule has 1 unspecified atom stereocenters. The van der Waals surface area contributed by atoms with Crippen LogP contribution in [0.25, 0.3) is 0 Å². The molecule has 2 N–H and O–H groups in total. The number of hydrogen-bond donors (Lipinski definition) is 2. The van der Waals surface area contributed by atoms with Crippen molar-refractivity contribution >= 4 is 5.96 Å². The number of guanidine groups is 1. The summed E-state index contributed by atoms with van der Waals surface area (Å²) in [7, 11) is 1.79. The van der Waals surface area contributed by atoms with Gasteiger partial charge < -0.3 is 10.6 Å². The molecule has 0 radical (unpaired) electrons. The lowest BCUT2D eigenvalue weighted by Gasteiger charge is -2.22. The summed E-state index contributed by atoms with van der Waals surface area (Å²) >= 11 is 0. The van der Waals surface area contributed by atoms with Crippen molar-refractivity contribution in [3.05, 3.63) is 12.7 Å². The average molecular weight is 225 g/mol. The van der Waals surface area contributed by atoms with E-state index in [-0.39, 0.29) is 0 Å². The lowest BCUT2D eigenvalue weighted by molar-refractivity contribution is 0.346. The molecule has 0 saturated heterocycles. The minimum absolute atomic E-state index is 0.397. The molecular formula is C13H27N3. The predicted molar refractivity (Wildman–Crippen MR) is 72.8 cm³/mol. The number of rotatable bonds is 5. The van der Waals surface area contributed by atoms with Crippen LogP contribution in [0.1, 0.15) is 40.5 Å². The van der Waals surface area contributed by atoms with Crippen LogP contribution in [0.4, 0.5) is 0 Å². The first-order chi connectivity index (χ1) is 7.39. The van der Waals surface area contributed by atoms with Gasteiger partial charge in [0.1, 0.15) is 0 Å². The maximum absolute atomic E-state index is 4.16. The van der Waals surface area contributed by atoms with Crippen molar-refractivity contribution < 1.29 is 0 Å². The molecule has 0 amide bonds. The smallest absolute Gasteiger partial charge is 0.191 e. The topological polar surface area (TPSA) is 36.4 Å². The van der Waals surface area contributed by atoms with E-state index in [2.05, 4.69) is 49.9 Å². The molecule has 0 bridgehead atoms. The molecule has 0 rings (SSSR count). The SMILES string of the molecule is C=CCNC(=NC)NC(C)CCC(C)(C)C. The molecule has 3 nitrogen and oxygen atoms in total. The van der Waals surface area contributed by atoms with Gasteiger partial charge >= 0.3 is 0 Å². The van der Waals surface area contributed by atoms with Gasteiger partial charge in [-0.05, 0) is 25.2 Å². The standard InChI is InChI=1S/C13H27N3/c1-7-10-15-12(14-6)16-11(2)8-9-13(3,4)5/h7,11H,1,8-10H2,2-6H3,(H2,14,15,16). The molecule has 94 valence electrons. The molecule has 1 atom stereocenters. The highest BCUT2D eigenvalue weighted by Gasteiger charge is 2.12. The molecule has 3 heteroatoms. The number of nitrogens with zero attached hydrogens (tertiary/aromatic N) is 1. The molecule has 0 aromatic heterocycles. The van der Waals surface area contributed by atoms with Gasteiger partial charge in [0.05, 0.1) is 0 Å². The fourth-order valence-corrected chi connectivity index (χ4v) is 1.32. The minimum Gasteiger partial charge on any atom is -0.354 e. The minimum atomic E-state index is 0.397. The van der Waals surface area contributed by atoms with E-state index in [1.165, 1.54) is 6.42 Å². The summed E-state index contributed by atoms with van der Waals surface area (Å²) in [5.41, 5.74) is 0.397. The van der Waals surface area contributed by atoms with Crippen LogP contribution in [0, 0.1) is 5.41 Å². The maximum atomic E-state index is 4.16. The second-order valence-corrected chi connectivity index (χ2v) is 5.39. The third-order valence-corrected chi connectivity index (χ3v) is 2.35. The molecule has 0 heterocycles. The largest absolute Gasteiger partial charge is 0.354 e. The van der Waals surface area contributed by atoms with Gasteiger partial charge in [-0.15, -0.1) is 6.58 Å². The van der Waals surface area contributed by atoms with E-state index < -0.39 is 0 Å². The highest BCUT2D eigenvalue weighted by Crippen LogP contribution is 2.21. The fourth-order valence-electron chi connectivity index (χ4n) is 1.32. The Morgan fingerprint density at radius 1 is 1.44 bits per heavy atom. The van der Waals surface area contributed by atoms with Gasteiger partial charge in [-0.25, -0.2) is 0 Å². The quantitative estimate of drug-likeness (QED) is 0.428. The van der Waals surface area contributed by atoms with Crippen molar-refractivity contribution in [1.82, 2.24) is 10.6 Å². The Labute approximate surface area is 100 Å². The monoisotopic (exact) mass is 225 g/mol. The van der Waals surface area contributed by atoms with E-state index in [0.717, 1.165) is 18.9 Å². The first-order valence-electron chi connectivity index (χ1n) is 5.97. The molecule has 0 saturated carbocycles. The Kier molecular flexibility index (Phi) is 6.86. The highest BCUT2D eigenvalue weighted by atomic mass is 15.2. The van der Waals surface area contributed by atoms with Gasteiger partial charge in [0.2, 0.25) is 0 Å². The van der Waals surface area contributed by atoms with Crippen molar-refractivity contribution in [2.24, 2.45) is 10.4 Å². The van der Waals surface area contributed by atoms with E-state index in [4.69, 9.17) is 0 Å². The van der Waals surface area contributed by atoms with Gasteiger partial charge in [-0.1, -0.05) is 26.8 Å². The Morgan fingerprint density at radius 3 is 2.50 bits per heavy atom. The summed E-state index contributed by atoms with van der Waals surface area (Å²) in [4.78, 5) is 4.16. The second-order valence-electron chi connectivity index (χ2n) is 5.39. The van der Waals surface area contributed by atoms with Crippen LogP contribution in [0.15, 0.2) is 17.6 Å². The van der Waals surface area contributed by atoms with Crippen LogP contribution >= 0.6 is 0 Å². The lowest BCUT2D eigenvalue weighted by Crippen LogP contribution is -2.42. The Bertz CT molecular complexity index is 226. The zero-order chi connectivity index (χ0) is 12.6. The van der Waals surface area contributed by atoms with Crippen LogP contribution in [-0.2, 0) is 0 Å². The molecule has 0 aliphatic heterocycles. The maximum Gasteiger partial charge on any atom is 0.191 e. The Balaban J connectivity index is 3.92. The van der Waals surface area contributed by atoms with E-state index in [9.17, 15) is 0 Å². The van der Waals surface area contributed by atoms with Crippen LogP contribution in [0.5, 0.6) is 0 Å². The molecule has 0 aliphatic rings. The number of aliphatic imine (C=N–C) groups is 1. The normalized spacial score (nSPS) is 14.4. The summed E-state index contributed by atoms with van der Waals surface area (Å²) < 4.78 is 0. The van der Waals surface area contributed by atoms with Crippen molar-refractivity contribution in [2.75, 3.05) is 13.6 Å². The molecule has 0 aliphatic carbocycles. The van der Waals surface area contributed by atoms with Gasteiger partial charge in [0, 0.05) is 19.6 Å². The number of hydrogen-bond acceptors (Lipinski definition) is 1. The lowest BCUT2D eigenvalue weighted by atomic mass is 9.89. The average Bonchev–Trinajstić information content (AvgIpc) is 2.20. The summed E-state index contributed by atoms with van der Waals surface area (Å²) in [5.74, 6) is 0.848. The fraction of sp³-hybridized carbons (Fsp3) is 0.769. The summed E-state index contributed by atoms with van der Waals surface area (Å²) in [6.45, 7) is 13.4. The van der Waals surface area contributed by atoms with Crippen LogP contribution < -0.4 is 10.6 Å². The van der Waals surface area contributed by atoms with Crippen LogP contribution in [-0.4, -0.2) is 25.6 Å². The van der Waals surface area contributed by atoms with E-state index in [1.54, 1.807) is 7.05 Å². The molecule has 0 aromatic carbocycles. The Hall–Kier alpha value is -0.990. The summed E-state index contributed by atoms with van der Waals surface area (Å²) in [6, 6.07) is 0.440. The first-order valence-corrected chi connectivity index (χ1v) is 5.97. The van der Waals surface area contributed by atoms with Gasteiger partial charge in [0.15, 0.2) is 5.96 Å². The zero-order valence-electron chi connectivity index (χ0n) is 11.4. The molecule has 0 fully saturated rings. The van der Waals surface area contributed by atoms with Crippen molar-refractivity contribution in [2.45, 2.75) is 46.6 Å². The van der Waals surface area contributed by atoms with Gasteiger partial charge in [-0.2, -0.15) is 0 Å². The summed E-state index contributed by atoms with van der Waals surface area (Å²) in [6.07, 6.45) is 4.19. The second kappa shape index (κ2) is 7.31. The third-order valence-electron chi connectivity index (χ3n) is 2.35. The molecular weight excluding hydrogens is 198 g/mol. The van der Waals surface area contributed by atoms with Crippen molar-refractivity contribution in [1.29, 1.82) is 0 Å². The van der Waals surface area contributed by atoms with Gasteiger partial charge in [0.25, 0.3) is 0 Å². The number of nitrogens with one attached hydrogen (secondary N) is 2. The third kappa shape index (κ3) is 8.33. The van der Waals surface area contributed by atoms with Gasteiger partial charge in [-0.3, -0.25) is 4.99 Å². The first kappa shape index (κ1) is 15.0. The predicted octanol–water partition coefficient (Wildman–Crippen LogP) is 2.55.